The van der Waals surface area contributed by atoms with Crippen molar-refractivity contribution in [2.45, 2.75) is 39.2 Å². The number of nitrogens with zero attached hydrogens (tertiary/aromatic N) is 1. The number of aromatic nitrogens is 1. The highest BCUT2D eigenvalue weighted by Gasteiger charge is 2.14. The molecule has 1 aromatic heterocycles. The minimum absolute atomic E-state index is 0.164. The monoisotopic (exact) mass is 220 g/mol. The number of hydrogen-bond acceptors (Lipinski definition) is 2. The van der Waals surface area contributed by atoms with Gasteiger partial charge in [0.25, 0.3) is 5.56 Å². The van der Waals surface area contributed by atoms with Crippen LogP contribution in [0, 0.1) is 0 Å². The third kappa shape index (κ3) is 2.35. The maximum atomic E-state index is 11.8. The van der Waals surface area contributed by atoms with Crippen molar-refractivity contribution in [3.63, 3.8) is 0 Å². The molecular weight excluding hydrogens is 200 g/mol. The fourth-order valence-electron chi connectivity index (χ4n) is 2.42. The van der Waals surface area contributed by atoms with Gasteiger partial charge in [0.15, 0.2) is 0 Å². The predicted molar refractivity (Wildman–Crippen MR) is 65.9 cm³/mol. The van der Waals surface area contributed by atoms with Gasteiger partial charge in [0.2, 0.25) is 0 Å². The van der Waals surface area contributed by atoms with Gasteiger partial charge in [-0.1, -0.05) is 13.0 Å². The molecule has 0 aromatic carbocycles. The lowest BCUT2D eigenvalue weighted by atomic mass is 10.2. The van der Waals surface area contributed by atoms with Crippen molar-refractivity contribution in [3.05, 3.63) is 33.7 Å². The largest absolute Gasteiger partial charge is 0.317 e. The molecule has 0 spiro atoms. The quantitative estimate of drug-likeness (QED) is 0.760. The normalized spacial score (nSPS) is 14.1. The van der Waals surface area contributed by atoms with Crippen LogP contribution in [0.5, 0.6) is 0 Å². The molecule has 1 aliphatic rings. The summed E-state index contributed by atoms with van der Waals surface area (Å²) < 4.78 is 1.97. The van der Waals surface area contributed by atoms with Gasteiger partial charge in [-0.25, -0.2) is 0 Å². The molecule has 3 heteroatoms. The van der Waals surface area contributed by atoms with Crippen LogP contribution in [0.1, 0.15) is 31.0 Å². The molecule has 3 nitrogen and oxygen atoms in total. The number of aryl methyl sites for hydroxylation is 1. The first-order valence-corrected chi connectivity index (χ1v) is 6.25. The maximum Gasteiger partial charge on any atom is 0.250 e. The number of rotatable bonds is 5. The molecule has 88 valence electrons. The lowest BCUT2D eigenvalue weighted by Gasteiger charge is -2.11. The minimum atomic E-state index is 0.164. The molecule has 0 bridgehead atoms. The van der Waals surface area contributed by atoms with Crippen LogP contribution in [0.4, 0.5) is 0 Å². The molecule has 1 N–H and O–H groups in total. The zero-order valence-corrected chi connectivity index (χ0v) is 9.96. The highest BCUT2D eigenvalue weighted by Crippen LogP contribution is 2.19. The molecule has 0 saturated carbocycles. The summed E-state index contributed by atoms with van der Waals surface area (Å²) in [6.07, 6.45) is 4.45. The molecule has 0 aliphatic heterocycles. The van der Waals surface area contributed by atoms with Crippen LogP contribution < -0.4 is 10.9 Å². The fraction of sp³-hybridized carbons (Fsp3) is 0.615. The average Bonchev–Trinajstić information content (AvgIpc) is 2.75. The van der Waals surface area contributed by atoms with E-state index >= 15 is 0 Å². The fourth-order valence-corrected chi connectivity index (χ4v) is 2.42. The Morgan fingerprint density at radius 3 is 3.06 bits per heavy atom. The second kappa shape index (κ2) is 5.30. The van der Waals surface area contributed by atoms with Crippen molar-refractivity contribution in [1.29, 1.82) is 0 Å². The zero-order chi connectivity index (χ0) is 11.4. The van der Waals surface area contributed by atoms with E-state index in [1.54, 1.807) is 6.07 Å². The number of nitrogens with one attached hydrogen (secondary N) is 1. The first-order valence-electron chi connectivity index (χ1n) is 6.25. The summed E-state index contributed by atoms with van der Waals surface area (Å²) in [5.41, 5.74) is 2.82. The Morgan fingerprint density at radius 1 is 1.38 bits per heavy atom. The van der Waals surface area contributed by atoms with Gasteiger partial charge in [0.05, 0.1) is 0 Å². The number of fused-ring (bicyclic) bond motifs is 1. The second-order valence-electron chi connectivity index (χ2n) is 4.36. The highest BCUT2D eigenvalue weighted by molar-refractivity contribution is 5.25. The Labute approximate surface area is 96.5 Å². The van der Waals surface area contributed by atoms with Crippen LogP contribution in [0.2, 0.25) is 0 Å². The van der Waals surface area contributed by atoms with Gasteiger partial charge in [-0.15, -0.1) is 0 Å². The third-order valence-corrected chi connectivity index (χ3v) is 3.23. The van der Waals surface area contributed by atoms with Gasteiger partial charge in [-0.2, -0.15) is 0 Å². The molecule has 0 unspecified atom stereocenters. The standard InChI is InChI=1S/C13H20N2O/c1-2-14-9-4-10-15-12-6-3-5-11(12)7-8-13(15)16/h7-8,14H,2-6,9-10H2,1H3. The van der Waals surface area contributed by atoms with E-state index in [2.05, 4.69) is 12.2 Å². The Kier molecular flexibility index (Phi) is 3.78. The second-order valence-corrected chi connectivity index (χ2v) is 4.36. The Bertz CT molecular complexity index is 409. The van der Waals surface area contributed by atoms with E-state index in [0.717, 1.165) is 38.9 Å². The Hall–Kier alpha value is -1.09. The summed E-state index contributed by atoms with van der Waals surface area (Å²) in [5.74, 6) is 0. The molecule has 0 atom stereocenters. The van der Waals surface area contributed by atoms with Crippen molar-refractivity contribution < 1.29 is 0 Å². The van der Waals surface area contributed by atoms with E-state index < -0.39 is 0 Å². The van der Waals surface area contributed by atoms with Crippen molar-refractivity contribution in [1.82, 2.24) is 9.88 Å². The van der Waals surface area contributed by atoms with Crippen molar-refractivity contribution in [3.8, 4) is 0 Å². The lowest BCUT2D eigenvalue weighted by Crippen LogP contribution is -2.25. The average molecular weight is 220 g/mol. The van der Waals surface area contributed by atoms with Crippen LogP contribution in [-0.4, -0.2) is 17.7 Å². The van der Waals surface area contributed by atoms with Crippen LogP contribution in [0.15, 0.2) is 16.9 Å². The summed E-state index contributed by atoms with van der Waals surface area (Å²) >= 11 is 0. The maximum absolute atomic E-state index is 11.8. The Balaban J connectivity index is 2.08. The molecule has 16 heavy (non-hydrogen) atoms. The molecule has 1 aliphatic carbocycles. The van der Waals surface area contributed by atoms with Gasteiger partial charge < -0.3 is 9.88 Å². The number of pyridine rings is 1. The van der Waals surface area contributed by atoms with Crippen LogP contribution >= 0.6 is 0 Å². The molecule has 0 saturated heterocycles. The van der Waals surface area contributed by atoms with E-state index in [-0.39, 0.29) is 5.56 Å². The van der Waals surface area contributed by atoms with E-state index in [9.17, 15) is 4.79 Å². The highest BCUT2D eigenvalue weighted by atomic mass is 16.1. The van der Waals surface area contributed by atoms with Crippen LogP contribution in [0.3, 0.4) is 0 Å². The first-order chi connectivity index (χ1) is 7.83. The molecule has 1 aromatic rings. The molecule has 0 amide bonds. The minimum Gasteiger partial charge on any atom is -0.317 e. The van der Waals surface area contributed by atoms with E-state index in [1.165, 1.54) is 17.7 Å². The zero-order valence-electron chi connectivity index (χ0n) is 9.96. The molecule has 2 rings (SSSR count). The van der Waals surface area contributed by atoms with Crippen molar-refractivity contribution >= 4 is 0 Å². The van der Waals surface area contributed by atoms with E-state index in [0.29, 0.717) is 0 Å². The van der Waals surface area contributed by atoms with Crippen molar-refractivity contribution in [2.24, 2.45) is 0 Å². The predicted octanol–water partition coefficient (Wildman–Crippen LogP) is 1.34. The topological polar surface area (TPSA) is 34.0 Å². The van der Waals surface area contributed by atoms with Crippen LogP contribution in [0.25, 0.3) is 0 Å². The van der Waals surface area contributed by atoms with Crippen LogP contribution in [-0.2, 0) is 19.4 Å². The van der Waals surface area contributed by atoms with Gasteiger partial charge in [0.1, 0.15) is 0 Å². The molecule has 0 radical (unpaired) electrons. The molecule has 1 heterocycles. The van der Waals surface area contributed by atoms with Gasteiger partial charge in [0, 0.05) is 18.3 Å². The lowest BCUT2D eigenvalue weighted by molar-refractivity contribution is 0.565. The number of hydrogen-bond donors (Lipinski definition) is 1. The SMILES string of the molecule is CCNCCCn1c2c(ccc1=O)CCC2. The summed E-state index contributed by atoms with van der Waals surface area (Å²) in [5, 5.41) is 3.29. The first kappa shape index (κ1) is 11.4. The van der Waals surface area contributed by atoms with Gasteiger partial charge in [-0.3, -0.25) is 4.79 Å². The molecular formula is C13H20N2O. The third-order valence-electron chi connectivity index (χ3n) is 3.23. The molecule has 0 fully saturated rings. The smallest absolute Gasteiger partial charge is 0.250 e. The summed E-state index contributed by atoms with van der Waals surface area (Å²) in [6.45, 7) is 4.95. The van der Waals surface area contributed by atoms with Gasteiger partial charge >= 0.3 is 0 Å². The summed E-state index contributed by atoms with van der Waals surface area (Å²) in [6, 6.07) is 3.73. The summed E-state index contributed by atoms with van der Waals surface area (Å²) in [4.78, 5) is 11.8. The van der Waals surface area contributed by atoms with Gasteiger partial charge in [-0.05, 0) is 44.3 Å². The van der Waals surface area contributed by atoms with Crippen molar-refractivity contribution in [2.75, 3.05) is 13.1 Å². The summed E-state index contributed by atoms with van der Waals surface area (Å²) in [7, 11) is 0. The van der Waals surface area contributed by atoms with E-state index in [4.69, 9.17) is 0 Å². The van der Waals surface area contributed by atoms with E-state index in [1.807, 2.05) is 10.6 Å². The Morgan fingerprint density at radius 2 is 2.25 bits per heavy atom.